The monoisotopic (exact) mass is 291 g/mol. The summed E-state index contributed by atoms with van der Waals surface area (Å²) in [6, 6.07) is 4.15. The Bertz CT molecular complexity index is 615. The molecule has 0 atom stereocenters. The van der Waals surface area contributed by atoms with Crippen molar-refractivity contribution in [1.82, 2.24) is 0 Å². The van der Waals surface area contributed by atoms with Crippen LogP contribution in [0.5, 0.6) is 0 Å². The Labute approximate surface area is 122 Å². The van der Waals surface area contributed by atoms with Gasteiger partial charge in [0, 0.05) is 18.5 Å². The van der Waals surface area contributed by atoms with Crippen LogP contribution in [-0.2, 0) is 4.74 Å². The Morgan fingerprint density at radius 1 is 1.29 bits per heavy atom. The summed E-state index contributed by atoms with van der Waals surface area (Å²) in [5.74, 6) is -1.28. The van der Waals surface area contributed by atoms with Gasteiger partial charge in [0.2, 0.25) is 0 Å². The van der Waals surface area contributed by atoms with Crippen LogP contribution in [0, 0.1) is 0 Å². The molecule has 1 heterocycles. The smallest absolute Gasteiger partial charge is 0.414 e. The fourth-order valence-electron chi connectivity index (χ4n) is 2.10. The summed E-state index contributed by atoms with van der Waals surface area (Å²) in [7, 11) is 0. The van der Waals surface area contributed by atoms with Gasteiger partial charge in [0.15, 0.2) is 5.78 Å². The zero-order chi connectivity index (χ0) is 15.8. The quantitative estimate of drug-likeness (QED) is 0.860. The van der Waals surface area contributed by atoms with Gasteiger partial charge < -0.3 is 9.84 Å². The zero-order valence-electron chi connectivity index (χ0n) is 12.2. The number of Topliss-reactive ketones (excluding diaryl/α,β-unsaturated/α-hetero) is 1. The lowest BCUT2D eigenvalue weighted by molar-refractivity contribution is 0.0577. The molecule has 1 aromatic rings. The van der Waals surface area contributed by atoms with Gasteiger partial charge >= 0.3 is 12.1 Å². The molecule has 0 saturated heterocycles. The molecule has 21 heavy (non-hydrogen) atoms. The maximum absolute atomic E-state index is 12.2. The van der Waals surface area contributed by atoms with E-state index < -0.39 is 17.7 Å². The first-order valence-electron chi connectivity index (χ1n) is 6.60. The molecule has 2 rings (SSSR count). The number of carboxylic acids is 1. The number of fused-ring (bicyclic) bond motifs is 1. The standard InChI is InChI=1S/C15H17NO5/c1-15(2,3)21-14(20)16-7-6-12(17)10-8-9(13(18)19)4-5-11(10)16/h4-5,8H,6-7H2,1-3H3,(H,18,19). The van der Waals surface area contributed by atoms with Gasteiger partial charge in [-0.2, -0.15) is 0 Å². The van der Waals surface area contributed by atoms with Crippen molar-refractivity contribution < 1.29 is 24.2 Å². The number of hydrogen-bond acceptors (Lipinski definition) is 4. The van der Waals surface area contributed by atoms with E-state index in [0.29, 0.717) is 5.69 Å². The second-order valence-corrected chi connectivity index (χ2v) is 5.84. The number of rotatable bonds is 1. The van der Waals surface area contributed by atoms with E-state index in [1.807, 2.05) is 0 Å². The molecule has 1 aliphatic heterocycles. The van der Waals surface area contributed by atoms with Gasteiger partial charge in [-0.25, -0.2) is 9.59 Å². The summed E-state index contributed by atoms with van der Waals surface area (Å²) in [5, 5.41) is 8.98. The molecular weight excluding hydrogens is 274 g/mol. The molecule has 0 fully saturated rings. The number of nitrogens with zero attached hydrogens (tertiary/aromatic N) is 1. The minimum atomic E-state index is -1.11. The minimum Gasteiger partial charge on any atom is -0.478 e. The van der Waals surface area contributed by atoms with Gasteiger partial charge in [0.25, 0.3) is 0 Å². The number of anilines is 1. The van der Waals surface area contributed by atoms with Gasteiger partial charge in [0.05, 0.1) is 11.3 Å². The average Bonchev–Trinajstić information content (AvgIpc) is 2.36. The Kier molecular flexibility index (Phi) is 3.72. The number of carbonyl (C=O) groups is 3. The van der Waals surface area contributed by atoms with Crippen molar-refractivity contribution in [3.8, 4) is 0 Å². The van der Waals surface area contributed by atoms with Crippen LogP contribution in [0.3, 0.4) is 0 Å². The highest BCUT2D eigenvalue weighted by Crippen LogP contribution is 2.29. The van der Waals surface area contributed by atoms with Gasteiger partial charge in [-0.15, -0.1) is 0 Å². The Hall–Kier alpha value is -2.37. The number of ether oxygens (including phenoxy) is 1. The third kappa shape index (κ3) is 3.21. The Morgan fingerprint density at radius 3 is 2.52 bits per heavy atom. The Balaban J connectivity index is 2.38. The molecule has 1 aromatic carbocycles. The molecule has 0 saturated carbocycles. The molecule has 1 amide bonds. The van der Waals surface area contributed by atoms with Gasteiger partial charge in [-0.1, -0.05) is 0 Å². The fraction of sp³-hybridized carbons (Fsp3) is 0.400. The largest absolute Gasteiger partial charge is 0.478 e. The van der Waals surface area contributed by atoms with Crippen molar-refractivity contribution in [3.63, 3.8) is 0 Å². The third-order valence-electron chi connectivity index (χ3n) is 3.01. The third-order valence-corrected chi connectivity index (χ3v) is 3.01. The highest BCUT2D eigenvalue weighted by atomic mass is 16.6. The van der Waals surface area contributed by atoms with E-state index in [-0.39, 0.29) is 29.9 Å². The average molecular weight is 291 g/mol. The summed E-state index contributed by atoms with van der Waals surface area (Å²) in [5.41, 5.74) is 0.0188. The van der Waals surface area contributed by atoms with E-state index in [9.17, 15) is 14.4 Å². The van der Waals surface area contributed by atoms with Crippen molar-refractivity contribution in [2.75, 3.05) is 11.4 Å². The van der Waals surface area contributed by atoms with E-state index in [1.165, 1.54) is 23.1 Å². The molecule has 0 aromatic heterocycles. The highest BCUT2D eigenvalue weighted by Gasteiger charge is 2.31. The van der Waals surface area contributed by atoms with Crippen molar-refractivity contribution >= 4 is 23.5 Å². The first-order chi connectivity index (χ1) is 9.69. The van der Waals surface area contributed by atoms with Crippen LogP contribution in [-0.4, -0.2) is 35.1 Å². The van der Waals surface area contributed by atoms with Gasteiger partial charge in [-0.3, -0.25) is 9.69 Å². The number of carbonyl (C=O) groups excluding carboxylic acids is 2. The number of carboxylic acid groups (broad SMARTS) is 1. The molecule has 0 radical (unpaired) electrons. The lowest BCUT2D eigenvalue weighted by Gasteiger charge is -2.31. The van der Waals surface area contributed by atoms with Crippen LogP contribution in [0.15, 0.2) is 18.2 Å². The second kappa shape index (κ2) is 5.20. The predicted octanol–water partition coefficient (Wildman–Crippen LogP) is 2.71. The van der Waals surface area contributed by atoms with Gasteiger partial charge in [0.1, 0.15) is 5.60 Å². The fourth-order valence-corrected chi connectivity index (χ4v) is 2.10. The van der Waals surface area contributed by atoms with Crippen molar-refractivity contribution in [1.29, 1.82) is 0 Å². The molecule has 0 spiro atoms. The number of ketones is 1. The summed E-state index contributed by atoms with van der Waals surface area (Å²) in [4.78, 5) is 36.5. The van der Waals surface area contributed by atoms with Crippen LogP contribution >= 0.6 is 0 Å². The molecule has 6 heteroatoms. The molecule has 1 N–H and O–H groups in total. The molecule has 112 valence electrons. The SMILES string of the molecule is CC(C)(C)OC(=O)N1CCC(=O)c2cc(C(=O)O)ccc21. The second-order valence-electron chi connectivity index (χ2n) is 5.84. The maximum atomic E-state index is 12.2. The normalized spacial score (nSPS) is 14.6. The van der Waals surface area contributed by atoms with E-state index in [2.05, 4.69) is 0 Å². The first-order valence-corrected chi connectivity index (χ1v) is 6.60. The lowest BCUT2D eigenvalue weighted by atomic mass is 9.98. The molecular formula is C15H17NO5. The van der Waals surface area contributed by atoms with E-state index in [1.54, 1.807) is 20.8 Å². The van der Waals surface area contributed by atoms with Crippen LogP contribution in [0.2, 0.25) is 0 Å². The van der Waals surface area contributed by atoms with Crippen LogP contribution in [0.1, 0.15) is 47.9 Å². The molecule has 6 nitrogen and oxygen atoms in total. The highest BCUT2D eigenvalue weighted by molar-refractivity contribution is 6.09. The van der Waals surface area contributed by atoms with Crippen LogP contribution in [0.4, 0.5) is 10.5 Å². The number of benzene rings is 1. The summed E-state index contributed by atoms with van der Waals surface area (Å²) in [6.45, 7) is 5.50. The number of aromatic carboxylic acids is 1. The first kappa shape index (κ1) is 15.0. The van der Waals surface area contributed by atoms with Gasteiger partial charge in [-0.05, 0) is 39.0 Å². The molecule has 1 aliphatic rings. The van der Waals surface area contributed by atoms with E-state index in [0.717, 1.165) is 0 Å². The van der Waals surface area contributed by atoms with E-state index in [4.69, 9.17) is 9.84 Å². The van der Waals surface area contributed by atoms with Crippen LogP contribution in [0.25, 0.3) is 0 Å². The number of hydrogen-bond donors (Lipinski definition) is 1. The van der Waals surface area contributed by atoms with Crippen molar-refractivity contribution in [2.24, 2.45) is 0 Å². The molecule has 0 bridgehead atoms. The molecule has 0 unspecified atom stereocenters. The molecule has 0 aliphatic carbocycles. The topological polar surface area (TPSA) is 83.9 Å². The summed E-state index contributed by atoms with van der Waals surface area (Å²) < 4.78 is 5.31. The summed E-state index contributed by atoms with van der Waals surface area (Å²) in [6.07, 6.45) is -0.394. The van der Waals surface area contributed by atoms with Crippen molar-refractivity contribution in [3.05, 3.63) is 29.3 Å². The number of amides is 1. The summed E-state index contributed by atoms with van der Waals surface area (Å²) >= 11 is 0. The predicted molar refractivity (Wildman–Crippen MR) is 75.9 cm³/mol. The minimum absolute atomic E-state index is 0.0214. The lowest BCUT2D eigenvalue weighted by Crippen LogP contribution is -2.41. The Morgan fingerprint density at radius 2 is 1.95 bits per heavy atom. The van der Waals surface area contributed by atoms with E-state index >= 15 is 0 Å². The van der Waals surface area contributed by atoms with Crippen molar-refractivity contribution in [2.45, 2.75) is 32.8 Å². The zero-order valence-corrected chi connectivity index (χ0v) is 12.2. The maximum Gasteiger partial charge on any atom is 0.414 e. The van der Waals surface area contributed by atoms with Crippen LogP contribution < -0.4 is 4.90 Å².